The fourth-order valence-electron chi connectivity index (χ4n) is 2.67. The van der Waals surface area contributed by atoms with Crippen LogP contribution in [0.3, 0.4) is 0 Å². The molecule has 1 saturated heterocycles. The molecule has 1 aliphatic rings. The molecule has 2 rings (SSSR count). The Hall–Kier alpha value is -1.23. The summed E-state index contributed by atoms with van der Waals surface area (Å²) < 4.78 is 44.9. The smallest absolute Gasteiger partial charge is 0.419 e. The SMILES string of the molecule is CCCCC(Oc1ccccc1C(F)(F)F)N1CCCC1. The Morgan fingerprint density at radius 1 is 1.19 bits per heavy atom. The molecule has 0 aromatic heterocycles. The first-order valence-corrected chi connectivity index (χ1v) is 7.59. The molecule has 1 atom stereocenters. The molecule has 1 unspecified atom stereocenters. The molecule has 0 radical (unpaired) electrons. The van der Waals surface area contributed by atoms with Crippen molar-refractivity contribution in [3.63, 3.8) is 0 Å². The first kappa shape index (κ1) is 16.1. The van der Waals surface area contributed by atoms with Crippen LogP contribution < -0.4 is 4.74 Å². The predicted octanol–water partition coefficient (Wildman–Crippen LogP) is 4.70. The van der Waals surface area contributed by atoms with E-state index in [0.717, 1.165) is 51.3 Å². The maximum Gasteiger partial charge on any atom is 0.419 e. The fourth-order valence-corrected chi connectivity index (χ4v) is 2.67. The number of ether oxygens (including phenoxy) is 1. The lowest BCUT2D eigenvalue weighted by atomic mass is 10.2. The summed E-state index contributed by atoms with van der Waals surface area (Å²) in [6, 6.07) is 5.48. The van der Waals surface area contributed by atoms with E-state index < -0.39 is 11.7 Å². The van der Waals surface area contributed by atoms with E-state index in [2.05, 4.69) is 11.8 Å². The number of likely N-dealkylation sites (tertiary alicyclic amines) is 1. The van der Waals surface area contributed by atoms with Crippen LogP contribution in [0.4, 0.5) is 13.2 Å². The van der Waals surface area contributed by atoms with Gasteiger partial charge in [0.25, 0.3) is 0 Å². The molecule has 0 aliphatic carbocycles. The fraction of sp³-hybridized carbons (Fsp3) is 0.625. The van der Waals surface area contributed by atoms with Crippen molar-refractivity contribution < 1.29 is 17.9 Å². The monoisotopic (exact) mass is 301 g/mol. The van der Waals surface area contributed by atoms with Crippen molar-refractivity contribution in [3.8, 4) is 5.75 Å². The van der Waals surface area contributed by atoms with Crippen LogP contribution in [0.2, 0.25) is 0 Å². The number of unbranched alkanes of at least 4 members (excludes halogenated alkanes) is 1. The molecule has 1 fully saturated rings. The van der Waals surface area contributed by atoms with Crippen molar-refractivity contribution in [2.45, 2.75) is 51.4 Å². The second-order valence-corrected chi connectivity index (χ2v) is 5.45. The van der Waals surface area contributed by atoms with E-state index in [1.165, 1.54) is 12.1 Å². The average Bonchev–Trinajstić information content (AvgIpc) is 2.97. The maximum absolute atomic E-state index is 13.0. The van der Waals surface area contributed by atoms with Crippen molar-refractivity contribution in [3.05, 3.63) is 29.8 Å². The highest BCUT2D eigenvalue weighted by atomic mass is 19.4. The van der Waals surface area contributed by atoms with Crippen LogP contribution in [0, 0.1) is 0 Å². The molecular weight excluding hydrogens is 279 g/mol. The summed E-state index contributed by atoms with van der Waals surface area (Å²) in [6.07, 6.45) is 0.277. The van der Waals surface area contributed by atoms with Gasteiger partial charge in [-0.1, -0.05) is 25.5 Å². The van der Waals surface area contributed by atoms with Gasteiger partial charge in [-0.25, -0.2) is 0 Å². The van der Waals surface area contributed by atoms with E-state index in [1.807, 2.05) is 0 Å². The standard InChI is InChI=1S/C16H22F3NO/c1-2-3-10-15(20-11-6-7-12-20)21-14-9-5-4-8-13(14)16(17,18)19/h4-5,8-9,15H,2-3,6-7,10-12H2,1H3. The molecule has 21 heavy (non-hydrogen) atoms. The highest BCUT2D eigenvalue weighted by Crippen LogP contribution is 2.37. The number of alkyl halides is 3. The molecule has 1 aromatic rings. The molecule has 0 spiro atoms. The zero-order valence-corrected chi connectivity index (χ0v) is 12.3. The van der Waals surface area contributed by atoms with Crippen molar-refractivity contribution in [2.24, 2.45) is 0 Å². The zero-order valence-electron chi connectivity index (χ0n) is 12.3. The molecule has 118 valence electrons. The van der Waals surface area contributed by atoms with Crippen LogP contribution in [0.1, 0.15) is 44.6 Å². The molecule has 0 saturated carbocycles. The number of rotatable bonds is 6. The minimum atomic E-state index is -4.38. The first-order valence-electron chi connectivity index (χ1n) is 7.59. The molecule has 1 aliphatic heterocycles. The Morgan fingerprint density at radius 2 is 1.86 bits per heavy atom. The van der Waals surface area contributed by atoms with E-state index in [1.54, 1.807) is 6.07 Å². The van der Waals surface area contributed by atoms with Crippen LogP contribution in [-0.2, 0) is 6.18 Å². The van der Waals surface area contributed by atoms with Gasteiger partial charge in [0, 0.05) is 13.1 Å². The van der Waals surface area contributed by atoms with Gasteiger partial charge < -0.3 is 4.74 Å². The van der Waals surface area contributed by atoms with Crippen molar-refractivity contribution in [2.75, 3.05) is 13.1 Å². The number of halogens is 3. The Morgan fingerprint density at radius 3 is 2.48 bits per heavy atom. The Balaban J connectivity index is 2.15. The molecule has 0 bridgehead atoms. The van der Waals surface area contributed by atoms with Crippen molar-refractivity contribution >= 4 is 0 Å². The van der Waals surface area contributed by atoms with Gasteiger partial charge in [-0.2, -0.15) is 13.2 Å². The topological polar surface area (TPSA) is 12.5 Å². The maximum atomic E-state index is 13.0. The highest BCUT2D eigenvalue weighted by Gasteiger charge is 2.35. The van der Waals surface area contributed by atoms with Crippen molar-refractivity contribution in [1.82, 2.24) is 4.90 Å². The molecule has 1 aromatic carbocycles. The van der Waals surface area contributed by atoms with Gasteiger partial charge in [0.15, 0.2) is 6.23 Å². The van der Waals surface area contributed by atoms with Gasteiger partial charge in [0.2, 0.25) is 0 Å². The van der Waals surface area contributed by atoms with E-state index in [0.29, 0.717) is 0 Å². The summed E-state index contributed by atoms with van der Waals surface area (Å²) in [5.74, 6) is -0.0574. The molecule has 0 amide bonds. The summed E-state index contributed by atoms with van der Waals surface area (Å²) in [5, 5.41) is 0. The Labute approximate surface area is 123 Å². The third-order valence-electron chi connectivity index (χ3n) is 3.81. The molecule has 2 nitrogen and oxygen atoms in total. The highest BCUT2D eigenvalue weighted by molar-refractivity contribution is 5.35. The van der Waals surface area contributed by atoms with Crippen molar-refractivity contribution in [1.29, 1.82) is 0 Å². The second-order valence-electron chi connectivity index (χ2n) is 5.45. The molecule has 5 heteroatoms. The lowest BCUT2D eigenvalue weighted by Gasteiger charge is -2.29. The third-order valence-corrected chi connectivity index (χ3v) is 3.81. The minimum Gasteiger partial charge on any atom is -0.474 e. The van der Waals surface area contributed by atoms with Gasteiger partial charge in [-0.15, -0.1) is 0 Å². The summed E-state index contributed by atoms with van der Waals surface area (Å²) in [7, 11) is 0. The predicted molar refractivity (Wildman–Crippen MR) is 76.2 cm³/mol. The van der Waals surface area contributed by atoms with Crippen LogP contribution in [0.5, 0.6) is 5.75 Å². The Bertz CT molecular complexity index is 441. The summed E-state index contributed by atoms with van der Waals surface area (Å²) in [6.45, 7) is 3.88. The van der Waals surface area contributed by atoms with E-state index in [-0.39, 0.29) is 12.0 Å². The third kappa shape index (κ3) is 4.37. The summed E-state index contributed by atoms with van der Waals surface area (Å²) in [4.78, 5) is 2.16. The number of hydrogen-bond acceptors (Lipinski definition) is 2. The van der Waals surface area contributed by atoms with Gasteiger partial charge in [0.05, 0.1) is 5.56 Å². The van der Waals surface area contributed by atoms with Crippen LogP contribution in [0.15, 0.2) is 24.3 Å². The number of nitrogens with zero attached hydrogens (tertiary/aromatic N) is 1. The average molecular weight is 301 g/mol. The number of hydrogen-bond donors (Lipinski definition) is 0. The largest absolute Gasteiger partial charge is 0.474 e. The lowest BCUT2D eigenvalue weighted by molar-refractivity contribution is -0.140. The number of benzene rings is 1. The zero-order chi connectivity index (χ0) is 15.3. The van der Waals surface area contributed by atoms with Gasteiger partial charge in [-0.05, 0) is 37.8 Å². The van der Waals surface area contributed by atoms with Gasteiger partial charge in [0.1, 0.15) is 5.75 Å². The number of para-hydroxylation sites is 1. The van der Waals surface area contributed by atoms with E-state index in [4.69, 9.17) is 4.74 Å². The molecular formula is C16H22F3NO. The van der Waals surface area contributed by atoms with E-state index >= 15 is 0 Å². The lowest BCUT2D eigenvalue weighted by Crippen LogP contribution is -2.37. The molecule has 0 N–H and O–H groups in total. The Kier molecular flexibility index (Phi) is 5.51. The first-order chi connectivity index (χ1) is 10.0. The molecule has 1 heterocycles. The van der Waals surface area contributed by atoms with Crippen LogP contribution in [-0.4, -0.2) is 24.2 Å². The summed E-state index contributed by atoms with van der Waals surface area (Å²) in [5.41, 5.74) is -0.689. The van der Waals surface area contributed by atoms with Crippen LogP contribution >= 0.6 is 0 Å². The minimum absolute atomic E-state index is 0.0574. The van der Waals surface area contributed by atoms with Gasteiger partial charge >= 0.3 is 6.18 Å². The normalized spacial score (nSPS) is 17.9. The quantitative estimate of drug-likeness (QED) is 0.755. The second kappa shape index (κ2) is 7.16. The van der Waals surface area contributed by atoms with Crippen LogP contribution in [0.25, 0.3) is 0 Å². The van der Waals surface area contributed by atoms with E-state index in [9.17, 15) is 13.2 Å². The summed E-state index contributed by atoms with van der Waals surface area (Å²) >= 11 is 0. The van der Waals surface area contributed by atoms with Gasteiger partial charge in [-0.3, -0.25) is 4.90 Å².